The Labute approximate surface area is 285 Å². The molecule has 5 N–H and O–H groups in total. The van der Waals surface area contributed by atoms with Crippen molar-refractivity contribution in [3.63, 3.8) is 0 Å². The summed E-state index contributed by atoms with van der Waals surface area (Å²) in [4.78, 5) is 16.9. The molecular weight excluding hydrogens is 601 g/mol. The van der Waals surface area contributed by atoms with Gasteiger partial charge in [0.05, 0.1) is 13.2 Å². The third-order valence-electron chi connectivity index (χ3n) is 8.07. The molecular formula is C37H78NO7P. The minimum Gasteiger partial charge on any atom is -0.379 e. The Morgan fingerprint density at radius 2 is 0.935 bits per heavy atom. The van der Waals surface area contributed by atoms with Crippen LogP contribution in [0, 0.1) is 0 Å². The largest absolute Gasteiger partial charge is 0.469 e. The summed E-state index contributed by atoms with van der Waals surface area (Å²) >= 11 is 0. The van der Waals surface area contributed by atoms with Gasteiger partial charge in [-0.05, 0) is 45.1 Å². The highest BCUT2D eigenvalue weighted by atomic mass is 31.2. The zero-order valence-corrected chi connectivity index (χ0v) is 31.2. The maximum Gasteiger partial charge on any atom is 0.469 e. The van der Waals surface area contributed by atoms with Gasteiger partial charge >= 0.3 is 7.82 Å². The Morgan fingerprint density at radius 1 is 0.543 bits per heavy atom. The lowest BCUT2D eigenvalue weighted by molar-refractivity contribution is -0.0370. The van der Waals surface area contributed by atoms with E-state index in [9.17, 15) is 4.57 Å². The molecule has 0 aliphatic rings. The predicted octanol–water partition coefficient (Wildman–Crippen LogP) is 10.1. The molecule has 0 aromatic rings. The molecule has 0 spiro atoms. The monoisotopic (exact) mass is 680 g/mol. The van der Waals surface area contributed by atoms with E-state index in [1.165, 1.54) is 154 Å². The Hall–Kier alpha value is -0.310. The van der Waals surface area contributed by atoms with Crippen molar-refractivity contribution in [3.8, 4) is 0 Å². The van der Waals surface area contributed by atoms with Gasteiger partial charge in [-0.25, -0.2) is 4.57 Å². The van der Waals surface area contributed by atoms with E-state index >= 15 is 0 Å². The van der Waals surface area contributed by atoms with Crippen LogP contribution in [-0.4, -0.2) is 59.2 Å². The number of aliphatic hydroxyl groups excluding tert-OH is 1. The molecule has 0 fully saturated rings. The van der Waals surface area contributed by atoms with Crippen molar-refractivity contribution >= 4 is 7.82 Å². The summed E-state index contributed by atoms with van der Waals surface area (Å²) in [6.45, 7) is 6.52. The number of aliphatic hydroxyl groups is 2. The van der Waals surface area contributed by atoms with Crippen LogP contribution in [0.1, 0.15) is 187 Å². The smallest absolute Gasteiger partial charge is 0.379 e. The van der Waals surface area contributed by atoms with Crippen molar-refractivity contribution in [2.75, 3.05) is 32.9 Å². The highest BCUT2D eigenvalue weighted by molar-refractivity contribution is 7.46. The van der Waals surface area contributed by atoms with Gasteiger partial charge in [0.1, 0.15) is 0 Å². The molecule has 9 heteroatoms. The van der Waals surface area contributed by atoms with Gasteiger partial charge < -0.3 is 30.1 Å². The van der Waals surface area contributed by atoms with Crippen molar-refractivity contribution in [2.24, 2.45) is 0 Å². The molecule has 0 amide bonds. The van der Waals surface area contributed by atoms with Crippen molar-refractivity contribution in [2.45, 2.75) is 193 Å². The summed E-state index contributed by atoms with van der Waals surface area (Å²) in [5.41, 5.74) is 0. The molecule has 0 bridgehead atoms. The number of phosphoric acid groups is 1. The first-order valence-electron chi connectivity index (χ1n) is 19.3. The molecule has 0 heterocycles. The maximum atomic E-state index is 10.4. The fourth-order valence-electron chi connectivity index (χ4n) is 5.27. The highest BCUT2D eigenvalue weighted by Crippen LogP contribution is 2.35. The number of hydrogen-bond acceptors (Lipinski definition) is 6. The van der Waals surface area contributed by atoms with Crippen LogP contribution in [0.3, 0.4) is 0 Å². The average molecular weight is 680 g/mol. The van der Waals surface area contributed by atoms with E-state index in [0.29, 0.717) is 6.61 Å². The third-order valence-corrected chi connectivity index (χ3v) is 8.59. The van der Waals surface area contributed by atoms with Gasteiger partial charge in [-0.15, -0.1) is 0 Å². The molecule has 0 aliphatic carbocycles. The number of unbranched alkanes of at least 4 members (excludes halogenated alkanes) is 24. The van der Waals surface area contributed by atoms with Crippen LogP contribution in [0.25, 0.3) is 0 Å². The van der Waals surface area contributed by atoms with Gasteiger partial charge in [-0.3, -0.25) is 4.52 Å². The van der Waals surface area contributed by atoms with Crippen molar-refractivity contribution in [1.29, 1.82) is 0 Å². The molecule has 0 radical (unpaired) electrons. The van der Waals surface area contributed by atoms with Crippen molar-refractivity contribution in [3.05, 3.63) is 12.2 Å². The van der Waals surface area contributed by atoms with Gasteiger partial charge in [0, 0.05) is 13.2 Å². The summed E-state index contributed by atoms with van der Waals surface area (Å²) in [5, 5.41) is 20.4. The Kier molecular flexibility index (Phi) is 42.5. The lowest BCUT2D eigenvalue weighted by atomic mass is 10.1. The molecule has 0 rings (SSSR count). The SMILES string of the molecule is CCCCCCCC/C=C\CCCCCCCCCNCC(O)O.CCCCCCCCCCCCCCOCCOP(=O)(O)O. The summed E-state index contributed by atoms with van der Waals surface area (Å²) in [5.74, 6) is 0. The number of rotatable bonds is 36. The van der Waals surface area contributed by atoms with E-state index in [4.69, 9.17) is 24.7 Å². The first-order chi connectivity index (χ1) is 22.3. The third kappa shape index (κ3) is 50.5. The lowest BCUT2D eigenvalue weighted by Gasteiger charge is -2.06. The normalized spacial score (nSPS) is 11.9. The molecule has 0 aliphatic heterocycles. The molecule has 0 aromatic carbocycles. The Bertz CT molecular complexity index is 631. The highest BCUT2D eigenvalue weighted by Gasteiger charge is 2.12. The first-order valence-corrected chi connectivity index (χ1v) is 20.9. The maximum absolute atomic E-state index is 10.4. The number of allylic oxidation sites excluding steroid dienone is 2. The standard InChI is InChI=1S/C21H43NO2.C16H35O5P/c1-2-3-4-5-6-7-8-9-10-11-12-13-14-15-16-17-18-19-22-20-21(23)24;1-2-3-4-5-6-7-8-9-10-11-12-13-14-20-15-16-21-22(17,18)19/h9-10,21-24H,2-8,11-20H2,1H3;2-16H2,1H3,(H2,17,18,19)/b10-9-;. The van der Waals surface area contributed by atoms with Crippen LogP contribution in [-0.2, 0) is 13.8 Å². The van der Waals surface area contributed by atoms with E-state index < -0.39 is 14.1 Å². The molecule has 8 nitrogen and oxygen atoms in total. The fraction of sp³-hybridized carbons (Fsp3) is 0.946. The minimum atomic E-state index is -4.33. The van der Waals surface area contributed by atoms with E-state index in [1.54, 1.807) is 0 Å². The molecule has 278 valence electrons. The van der Waals surface area contributed by atoms with E-state index in [0.717, 1.165) is 25.8 Å². The summed E-state index contributed by atoms with van der Waals surface area (Å²) in [7, 11) is -4.33. The van der Waals surface area contributed by atoms with Crippen molar-refractivity contribution < 1.29 is 33.8 Å². The van der Waals surface area contributed by atoms with Crippen LogP contribution in [0.2, 0.25) is 0 Å². The zero-order valence-electron chi connectivity index (χ0n) is 30.3. The van der Waals surface area contributed by atoms with E-state index in [1.807, 2.05) is 0 Å². The Balaban J connectivity index is 0. The average Bonchev–Trinajstić information content (AvgIpc) is 3.01. The van der Waals surface area contributed by atoms with Crippen LogP contribution in [0.5, 0.6) is 0 Å². The first kappa shape index (κ1) is 47.8. The van der Waals surface area contributed by atoms with Gasteiger partial charge in [-0.1, -0.05) is 161 Å². The topological polar surface area (TPSA) is 128 Å². The molecule has 0 saturated carbocycles. The van der Waals surface area contributed by atoms with Gasteiger partial charge in [0.2, 0.25) is 0 Å². The lowest BCUT2D eigenvalue weighted by Crippen LogP contribution is -2.26. The van der Waals surface area contributed by atoms with Gasteiger partial charge in [0.25, 0.3) is 0 Å². The quantitative estimate of drug-likeness (QED) is 0.0192. The number of phosphoric ester groups is 1. The molecule has 46 heavy (non-hydrogen) atoms. The predicted molar refractivity (Wildman–Crippen MR) is 195 cm³/mol. The van der Waals surface area contributed by atoms with E-state index in [-0.39, 0.29) is 19.8 Å². The minimum absolute atomic E-state index is 0.0530. The van der Waals surface area contributed by atoms with Crippen LogP contribution >= 0.6 is 7.82 Å². The van der Waals surface area contributed by atoms with Gasteiger partial charge in [-0.2, -0.15) is 0 Å². The molecule has 0 atom stereocenters. The molecule has 0 saturated heterocycles. The summed E-state index contributed by atoms with van der Waals surface area (Å²) in [6, 6.07) is 0. The van der Waals surface area contributed by atoms with Crippen LogP contribution < -0.4 is 5.32 Å². The zero-order chi connectivity index (χ0) is 34.2. The molecule has 0 unspecified atom stereocenters. The van der Waals surface area contributed by atoms with Crippen LogP contribution in [0.4, 0.5) is 0 Å². The number of ether oxygens (including phenoxy) is 1. The second-order valence-corrected chi connectivity index (χ2v) is 14.0. The van der Waals surface area contributed by atoms with Crippen LogP contribution in [0.15, 0.2) is 12.2 Å². The summed E-state index contributed by atoms with van der Waals surface area (Å²) in [6.07, 6.45) is 39.2. The van der Waals surface area contributed by atoms with E-state index in [2.05, 4.69) is 35.8 Å². The van der Waals surface area contributed by atoms with Crippen molar-refractivity contribution in [1.82, 2.24) is 5.32 Å². The Morgan fingerprint density at radius 3 is 1.35 bits per heavy atom. The van der Waals surface area contributed by atoms with Gasteiger partial charge in [0.15, 0.2) is 6.29 Å². The fourth-order valence-corrected chi connectivity index (χ4v) is 5.58. The number of nitrogens with one attached hydrogen (secondary N) is 1. The molecule has 0 aromatic heterocycles. The number of hydrogen-bond donors (Lipinski definition) is 5. The summed E-state index contributed by atoms with van der Waals surface area (Å²) < 4.78 is 19.9. The second-order valence-electron chi connectivity index (χ2n) is 12.8. The second kappa shape index (κ2) is 40.9.